The Morgan fingerprint density at radius 1 is 1.03 bits per heavy atom. The number of hydrogen-bond acceptors (Lipinski definition) is 7. The molecule has 2 aromatic heterocycles. The molecule has 1 aliphatic rings. The van der Waals surface area contributed by atoms with Gasteiger partial charge in [-0.05, 0) is 43.0 Å². The van der Waals surface area contributed by atoms with Gasteiger partial charge < -0.3 is 9.47 Å². The van der Waals surface area contributed by atoms with Crippen LogP contribution in [-0.4, -0.2) is 45.4 Å². The predicted octanol–water partition coefficient (Wildman–Crippen LogP) is 7.04. The average molecular weight is 593 g/mol. The number of ether oxygens (including phenoxy) is 2. The Morgan fingerprint density at radius 3 is 2.23 bits per heavy atom. The molecule has 0 bridgehead atoms. The number of carbonyl (C=O) groups excluding carboxylic acids is 1. The van der Waals surface area contributed by atoms with Gasteiger partial charge in [0.15, 0.2) is 5.16 Å². The van der Waals surface area contributed by atoms with Gasteiger partial charge in [-0.15, -0.1) is 0 Å². The monoisotopic (exact) mass is 592 g/mol. The van der Waals surface area contributed by atoms with Gasteiger partial charge in [-0.25, -0.2) is 19.7 Å². The van der Waals surface area contributed by atoms with Gasteiger partial charge in [-0.2, -0.15) is 26.3 Å². The number of pyridine rings is 1. The molecule has 1 aromatic carbocycles. The number of benzene rings is 1. The van der Waals surface area contributed by atoms with Crippen molar-refractivity contribution in [3.8, 4) is 17.0 Å². The van der Waals surface area contributed by atoms with Crippen molar-refractivity contribution in [1.82, 2.24) is 19.9 Å². The summed E-state index contributed by atoms with van der Waals surface area (Å²) >= 11 is 7.34. The van der Waals surface area contributed by atoms with E-state index in [0.29, 0.717) is 34.1 Å². The highest BCUT2D eigenvalue weighted by atomic mass is 35.5. The van der Waals surface area contributed by atoms with E-state index in [1.54, 1.807) is 12.3 Å². The topological polar surface area (TPSA) is 77.4 Å². The van der Waals surface area contributed by atoms with E-state index < -0.39 is 47.3 Å². The summed E-state index contributed by atoms with van der Waals surface area (Å²) in [5.41, 5.74) is -2.32. The van der Waals surface area contributed by atoms with E-state index in [9.17, 15) is 31.1 Å². The quantitative estimate of drug-likeness (QED) is 0.173. The lowest BCUT2D eigenvalue weighted by Crippen LogP contribution is -2.32. The Kier molecular flexibility index (Phi) is 7.90. The van der Waals surface area contributed by atoms with Crippen molar-refractivity contribution >= 4 is 29.5 Å². The molecular weight excluding hydrogens is 574 g/mol. The molecule has 1 aliphatic heterocycles. The molecule has 1 fully saturated rings. The first-order valence-corrected chi connectivity index (χ1v) is 12.7. The summed E-state index contributed by atoms with van der Waals surface area (Å²) in [6.45, 7) is 1.25. The van der Waals surface area contributed by atoms with Crippen LogP contribution in [0.3, 0.4) is 0 Å². The number of nitrogens with zero attached hydrogens (tertiary/aromatic N) is 4. The zero-order valence-electron chi connectivity index (χ0n) is 20.4. The van der Waals surface area contributed by atoms with Gasteiger partial charge in [0.1, 0.15) is 6.10 Å². The maximum absolute atomic E-state index is 13.4. The van der Waals surface area contributed by atoms with Gasteiger partial charge in [0, 0.05) is 23.5 Å². The number of thioether (sulfide) groups is 1. The van der Waals surface area contributed by atoms with E-state index in [4.69, 9.17) is 21.1 Å². The van der Waals surface area contributed by atoms with Crippen molar-refractivity contribution in [2.24, 2.45) is 0 Å². The largest absolute Gasteiger partial charge is 0.481 e. The van der Waals surface area contributed by atoms with Gasteiger partial charge in [-0.1, -0.05) is 23.4 Å². The zero-order chi connectivity index (χ0) is 28.7. The smallest absolute Gasteiger partial charge is 0.416 e. The number of methoxy groups -OCH3 is 1. The Balaban J connectivity index is 1.74. The van der Waals surface area contributed by atoms with E-state index >= 15 is 0 Å². The molecule has 0 unspecified atom stereocenters. The van der Waals surface area contributed by atoms with Crippen molar-refractivity contribution in [2.45, 2.75) is 43.1 Å². The van der Waals surface area contributed by atoms with Gasteiger partial charge in [-0.3, -0.25) is 4.90 Å². The van der Waals surface area contributed by atoms with Crippen molar-refractivity contribution < 1.29 is 40.6 Å². The third kappa shape index (κ3) is 6.01. The fourth-order valence-corrected chi connectivity index (χ4v) is 4.61. The maximum atomic E-state index is 13.4. The Morgan fingerprint density at radius 2 is 1.67 bits per heavy atom. The molecule has 2 atom stereocenters. The molecule has 39 heavy (non-hydrogen) atoms. The molecule has 1 amide bonds. The number of carbonyl (C=O) groups is 1. The van der Waals surface area contributed by atoms with Crippen molar-refractivity contribution in [3.05, 3.63) is 64.1 Å². The number of alkyl halides is 6. The minimum Gasteiger partial charge on any atom is -0.481 e. The highest BCUT2D eigenvalue weighted by Gasteiger charge is 2.43. The van der Waals surface area contributed by atoms with Gasteiger partial charge in [0.25, 0.3) is 0 Å². The number of hydrogen-bond donors (Lipinski definition) is 0. The molecule has 0 radical (unpaired) electrons. The van der Waals surface area contributed by atoms with E-state index in [-0.39, 0.29) is 23.5 Å². The summed E-state index contributed by atoms with van der Waals surface area (Å²) in [6, 6.07) is 1.73. The van der Waals surface area contributed by atoms with E-state index in [2.05, 4.69) is 15.0 Å². The Bertz CT molecular complexity index is 1370. The SMILES string of the molecule is COc1ncc(Cl)cc1-c1cnc(SC)nc1CN1C(=O)O[C@H](c2cc(C(F)(F)F)cc(C(F)(F)F)c2)[C@@H]1C. The molecule has 15 heteroatoms. The third-order valence-electron chi connectivity index (χ3n) is 5.98. The molecular formula is C24H19ClF6N4O3S. The van der Waals surface area contributed by atoms with E-state index in [0.717, 1.165) is 0 Å². The molecule has 4 rings (SSSR count). The van der Waals surface area contributed by atoms with E-state index in [1.807, 2.05) is 0 Å². The first kappa shape index (κ1) is 28.7. The van der Waals surface area contributed by atoms with Crippen LogP contribution in [0.15, 0.2) is 41.8 Å². The molecule has 0 saturated carbocycles. The number of aromatic nitrogens is 3. The molecule has 0 N–H and O–H groups in total. The summed E-state index contributed by atoms with van der Waals surface area (Å²) in [4.78, 5) is 26.9. The Labute approximate surface area is 227 Å². The summed E-state index contributed by atoms with van der Waals surface area (Å²) in [5.74, 6) is 0.194. The van der Waals surface area contributed by atoms with Crippen molar-refractivity contribution in [3.63, 3.8) is 0 Å². The van der Waals surface area contributed by atoms with Crippen molar-refractivity contribution in [1.29, 1.82) is 0 Å². The molecule has 208 valence electrons. The van der Waals surface area contributed by atoms with Crippen LogP contribution in [0.25, 0.3) is 11.1 Å². The standard InChI is InChI=1S/C24H19ClF6N4O3S/c1-11-19(12-4-13(23(26,27)28)6-14(5-12)24(29,30)31)38-22(36)35(11)10-18-17(9-33-21(34-18)39-3)16-7-15(25)8-32-20(16)37-2/h4-9,11,19H,10H2,1-3H3/t11-,19-/m0/s1. The van der Waals surface area contributed by atoms with E-state index in [1.165, 1.54) is 43.1 Å². The lowest BCUT2D eigenvalue weighted by atomic mass is 9.97. The van der Waals surface area contributed by atoms with Crippen LogP contribution in [0.4, 0.5) is 31.1 Å². The summed E-state index contributed by atoms with van der Waals surface area (Å²) in [7, 11) is 1.39. The average Bonchev–Trinajstić information content (AvgIpc) is 3.15. The molecule has 0 spiro atoms. The fourth-order valence-electron chi connectivity index (χ4n) is 4.09. The highest BCUT2D eigenvalue weighted by molar-refractivity contribution is 7.98. The number of halogens is 7. The molecule has 3 aromatic rings. The normalized spacial score (nSPS) is 17.9. The lowest BCUT2D eigenvalue weighted by Gasteiger charge is -2.23. The minimum absolute atomic E-state index is 0.0201. The van der Waals surface area contributed by atoms with Crippen LogP contribution < -0.4 is 4.74 Å². The second kappa shape index (κ2) is 10.7. The summed E-state index contributed by atoms with van der Waals surface area (Å²) in [5, 5.41) is 0.636. The predicted molar refractivity (Wildman–Crippen MR) is 129 cm³/mol. The van der Waals surface area contributed by atoms with Crippen LogP contribution >= 0.6 is 23.4 Å². The molecule has 1 saturated heterocycles. The first-order chi connectivity index (χ1) is 18.2. The fraction of sp³-hybridized carbons (Fsp3) is 0.333. The van der Waals surface area contributed by atoms with Gasteiger partial charge in [0.05, 0.1) is 41.5 Å². The zero-order valence-corrected chi connectivity index (χ0v) is 22.0. The number of rotatable bonds is 6. The van der Waals surface area contributed by atoms with Crippen LogP contribution in [0, 0.1) is 0 Å². The van der Waals surface area contributed by atoms with Crippen LogP contribution in [0.5, 0.6) is 5.88 Å². The van der Waals surface area contributed by atoms with Crippen LogP contribution in [0.2, 0.25) is 5.02 Å². The third-order valence-corrected chi connectivity index (χ3v) is 6.75. The lowest BCUT2D eigenvalue weighted by molar-refractivity contribution is -0.143. The molecule has 0 aliphatic carbocycles. The number of amides is 1. The highest BCUT2D eigenvalue weighted by Crippen LogP contribution is 2.41. The van der Waals surface area contributed by atoms with Crippen LogP contribution in [-0.2, 0) is 23.6 Å². The molecule has 7 nitrogen and oxygen atoms in total. The van der Waals surface area contributed by atoms with Crippen molar-refractivity contribution in [2.75, 3.05) is 13.4 Å². The second-order valence-electron chi connectivity index (χ2n) is 8.44. The maximum Gasteiger partial charge on any atom is 0.416 e. The van der Waals surface area contributed by atoms with Gasteiger partial charge in [0.2, 0.25) is 5.88 Å². The summed E-state index contributed by atoms with van der Waals surface area (Å²) < 4.78 is 91.0. The first-order valence-electron chi connectivity index (χ1n) is 11.1. The number of cyclic esters (lactones) is 1. The Hall–Kier alpha value is -3.26. The summed E-state index contributed by atoms with van der Waals surface area (Å²) in [6.07, 6.45) is -7.86. The minimum atomic E-state index is -5.05. The van der Waals surface area contributed by atoms with Gasteiger partial charge >= 0.3 is 18.4 Å². The molecule has 3 heterocycles. The van der Waals surface area contributed by atoms with Crippen LogP contribution in [0.1, 0.15) is 35.4 Å². The second-order valence-corrected chi connectivity index (χ2v) is 9.65.